The Morgan fingerprint density at radius 2 is 1.83 bits per heavy atom. The van der Waals surface area contributed by atoms with Gasteiger partial charge in [0.15, 0.2) is 0 Å². The van der Waals surface area contributed by atoms with Gasteiger partial charge in [-0.15, -0.1) is 11.3 Å². The zero-order chi connectivity index (χ0) is 17.1. The fourth-order valence-corrected chi connectivity index (χ4v) is 3.91. The van der Waals surface area contributed by atoms with Gasteiger partial charge in [0.25, 0.3) is 0 Å². The first-order valence-electron chi connectivity index (χ1n) is 8.38. The van der Waals surface area contributed by atoms with Gasteiger partial charge in [-0.1, -0.05) is 19.1 Å². The van der Waals surface area contributed by atoms with E-state index in [2.05, 4.69) is 41.3 Å². The van der Waals surface area contributed by atoms with Crippen molar-refractivity contribution in [2.45, 2.75) is 34.1 Å². The van der Waals surface area contributed by atoms with Gasteiger partial charge in [0.2, 0.25) is 0 Å². The maximum atomic E-state index is 5.55. The minimum Gasteiger partial charge on any atom is -0.494 e. The molecular formula is C19H23N3OS. The lowest BCUT2D eigenvalue weighted by Gasteiger charge is -2.10. The van der Waals surface area contributed by atoms with Crippen LogP contribution in [0.5, 0.6) is 5.75 Å². The van der Waals surface area contributed by atoms with Gasteiger partial charge in [-0.2, -0.15) is 0 Å². The lowest BCUT2D eigenvalue weighted by Crippen LogP contribution is -2.04. The molecule has 4 nitrogen and oxygen atoms in total. The molecule has 2 heterocycles. The van der Waals surface area contributed by atoms with Crippen LogP contribution in [0.1, 0.15) is 31.0 Å². The van der Waals surface area contributed by atoms with Crippen molar-refractivity contribution in [2.24, 2.45) is 0 Å². The third-order valence-corrected chi connectivity index (χ3v) is 4.83. The van der Waals surface area contributed by atoms with E-state index >= 15 is 0 Å². The summed E-state index contributed by atoms with van der Waals surface area (Å²) < 4.78 is 5.55. The molecule has 1 N–H and O–H groups in total. The number of hydrogen-bond donors (Lipinski definition) is 1. The predicted octanol–water partition coefficient (Wildman–Crippen LogP) is 5.20. The summed E-state index contributed by atoms with van der Waals surface area (Å²) in [5, 5.41) is 4.59. The minimum atomic E-state index is 0.679. The van der Waals surface area contributed by atoms with Crippen molar-refractivity contribution in [3.8, 4) is 16.9 Å². The number of hydrogen-bond acceptors (Lipinski definition) is 5. The maximum absolute atomic E-state index is 5.55. The molecule has 0 aliphatic rings. The Labute approximate surface area is 146 Å². The summed E-state index contributed by atoms with van der Waals surface area (Å²) in [6.45, 7) is 9.83. The molecule has 0 unspecified atom stereocenters. The summed E-state index contributed by atoms with van der Waals surface area (Å²) in [6, 6.07) is 8.28. The van der Waals surface area contributed by atoms with E-state index in [1.54, 1.807) is 11.3 Å². The zero-order valence-electron chi connectivity index (χ0n) is 14.6. The van der Waals surface area contributed by atoms with E-state index in [1.165, 1.54) is 16.0 Å². The van der Waals surface area contributed by atoms with Crippen LogP contribution in [0.4, 0.5) is 5.82 Å². The molecule has 0 fully saturated rings. The summed E-state index contributed by atoms with van der Waals surface area (Å²) >= 11 is 1.73. The SMILES string of the molecule is CCCNc1nc(C)nc2sc(C)c(-c3ccc(OCC)cc3)c12. The van der Waals surface area contributed by atoms with Crippen molar-refractivity contribution in [3.63, 3.8) is 0 Å². The van der Waals surface area contributed by atoms with Crippen molar-refractivity contribution in [3.05, 3.63) is 35.0 Å². The van der Waals surface area contributed by atoms with E-state index in [0.29, 0.717) is 6.61 Å². The lowest BCUT2D eigenvalue weighted by molar-refractivity contribution is 0.340. The molecule has 0 aliphatic heterocycles. The number of nitrogens with zero attached hydrogens (tertiary/aromatic N) is 2. The minimum absolute atomic E-state index is 0.679. The molecule has 0 bridgehead atoms. The van der Waals surface area contributed by atoms with Crippen LogP contribution in [0, 0.1) is 13.8 Å². The Balaban J connectivity index is 2.14. The summed E-state index contributed by atoms with van der Waals surface area (Å²) in [5.41, 5.74) is 2.39. The van der Waals surface area contributed by atoms with E-state index in [4.69, 9.17) is 4.74 Å². The molecule has 5 heteroatoms. The highest BCUT2D eigenvalue weighted by molar-refractivity contribution is 7.19. The average Bonchev–Trinajstić information content (AvgIpc) is 2.89. The Morgan fingerprint density at radius 1 is 1.08 bits per heavy atom. The predicted molar refractivity (Wildman–Crippen MR) is 102 cm³/mol. The molecule has 0 saturated carbocycles. The monoisotopic (exact) mass is 341 g/mol. The molecule has 24 heavy (non-hydrogen) atoms. The fourth-order valence-electron chi connectivity index (χ4n) is 2.82. The normalized spacial score (nSPS) is 11.0. The Kier molecular flexibility index (Phi) is 5.00. The highest BCUT2D eigenvalue weighted by Gasteiger charge is 2.17. The number of fused-ring (bicyclic) bond motifs is 1. The molecule has 0 saturated heterocycles. The number of aryl methyl sites for hydroxylation is 2. The van der Waals surface area contributed by atoms with Crippen molar-refractivity contribution in [2.75, 3.05) is 18.5 Å². The van der Waals surface area contributed by atoms with Gasteiger partial charge in [-0.3, -0.25) is 0 Å². The third-order valence-electron chi connectivity index (χ3n) is 3.84. The van der Waals surface area contributed by atoms with E-state index in [1.807, 2.05) is 26.0 Å². The first-order chi connectivity index (χ1) is 11.6. The van der Waals surface area contributed by atoms with Crippen LogP contribution in [0.3, 0.4) is 0 Å². The van der Waals surface area contributed by atoms with Crippen LogP contribution < -0.4 is 10.1 Å². The largest absolute Gasteiger partial charge is 0.494 e. The van der Waals surface area contributed by atoms with Crippen molar-refractivity contribution in [1.29, 1.82) is 0 Å². The molecule has 3 aromatic rings. The highest BCUT2D eigenvalue weighted by atomic mass is 32.1. The molecule has 2 aromatic heterocycles. The smallest absolute Gasteiger partial charge is 0.139 e. The molecule has 0 spiro atoms. The molecule has 126 valence electrons. The second kappa shape index (κ2) is 7.18. The van der Waals surface area contributed by atoms with Gasteiger partial charge in [0.1, 0.15) is 22.2 Å². The standard InChI is InChI=1S/C19H23N3OS/c1-5-11-20-18-17-16(12(3)24-19(17)22-13(4)21-18)14-7-9-15(10-8-14)23-6-2/h7-10H,5-6,11H2,1-4H3,(H,20,21,22). The van der Waals surface area contributed by atoms with Gasteiger partial charge < -0.3 is 10.1 Å². The topological polar surface area (TPSA) is 47.0 Å². The number of nitrogens with one attached hydrogen (secondary N) is 1. The number of aromatic nitrogens is 2. The van der Waals surface area contributed by atoms with Gasteiger partial charge in [0, 0.05) is 17.0 Å². The molecule has 3 rings (SSSR count). The molecule has 0 amide bonds. The zero-order valence-corrected chi connectivity index (χ0v) is 15.5. The van der Waals surface area contributed by atoms with Gasteiger partial charge in [0.05, 0.1) is 12.0 Å². The quantitative estimate of drug-likeness (QED) is 0.670. The van der Waals surface area contributed by atoms with Crippen molar-refractivity contribution in [1.82, 2.24) is 9.97 Å². The number of thiophene rings is 1. The van der Waals surface area contributed by atoms with Crippen LogP contribution in [-0.2, 0) is 0 Å². The van der Waals surface area contributed by atoms with Crippen LogP contribution >= 0.6 is 11.3 Å². The van der Waals surface area contributed by atoms with Crippen LogP contribution in [0.15, 0.2) is 24.3 Å². The number of anilines is 1. The Morgan fingerprint density at radius 3 is 2.50 bits per heavy atom. The third kappa shape index (κ3) is 3.22. The van der Waals surface area contributed by atoms with Crippen molar-refractivity contribution >= 4 is 27.4 Å². The lowest BCUT2D eigenvalue weighted by atomic mass is 10.0. The number of rotatable bonds is 6. The van der Waals surface area contributed by atoms with Crippen LogP contribution in [-0.4, -0.2) is 23.1 Å². The summed E-state index contributed by atoms with van der Waals surface area (Å²) in [6.07, 6.45) is 1.06. The fraction of sp³-hybridized carbons (Fsp3) is 0.368. The van der Waals surface area contributed by atoms with E-state index in [0.717, 1.165) is 40.6 Å². The molecular weight excluding hydrogens is 318 g/mol. The van der Waals surface area contributed by atoms with Crippen LogP contribution in [0.2, 0.25) is 0 Å². The van der Waals surface area contributed by atoms with E-state index in [9.17, 15) is 0 Å². The van der Waals surface area contributed by atoms with E-state index in [-0.39, 0.29) is 0 Å². The summed E-state index contributed by atoms with van der Waals surface area (Å²) in [4.78, 5) is 11.6. The first kappa shape index (κ1) is 16.7. The molecule has 0 atom stereocenters. The van der Waals surface area contributed by atoms with E-state index < -0.39 is 0 Å². The highest BCUT2D eigenvalue weighted by Crippen LogP contribution is 2.41. The summed E-state index contributed by atoms with van der Waals surface area (Å²) in [7, 11) is 0. The Bertz CT molecular complexity index is 840. The van der Waals surface area contributed by atoms with Crippen molar-refractivity contribution < 1.29 is 4.74 Å². The molecule has 1 aromatic carbocycles. The van der Waals surface area contributed by atoms with Crippen LogP contribution in [0.25, 0.3) is 21.3 Å². The van der Waals surface area contributed by atoms with Gasteiger partial charge >= 0.3 is 0 Å². The second-order valence-corrected chi connectivity index (χ2v) is 6.92. The Hall–Kier alpha value is -2.14. The number of ether oxygens (including phenoxy) is 1. The maximum Gasteiger partial charge on any atom is 0.139 e. The second-order valence-electron chi connectivity index (χ2n) is 5.72. The number of benzene rings is 1. The summed E-state index contributed by atoms with van der Waals surface area (Å²) in [5.74, 6) is 2.64. The average molecular weight is 341 g/mol. The molecule has 0 radical (unpaired) electrons. The first-order valence-corrected chi connectivity index (χ1v) is 9.20. The van der Waals surface area contributed by atoms with Gasteiger partial charge in [-0.05, 0) is 44.9 Å². The molecule has 0 aliphatic carbocycles. The van der Waals surface area contributed by atoms with Gasteiger partial charge in [-0.25, -0.2) is 9.97 Å².